The van der Waals surface area contributed by atoms with Gasteiger partial charge in [-0.1, -0.05) is 19.1 Å². The predicted molar refractivity (Wildman–Crippen MR) is 72.1 cm³/mol. The molecular formula is C14H22N2O2. The van der Waals surface area contributed by atoms with Crippen LogP contribution < -0.4 is 10.1 Å². The largest absolute Gasteiger partial charge is 0.504 e. The van der Waals surface area contributed by atoms with E-state index in [-0.39, 0.29) is 11.8 Å². The first-order chi connectivity index (χ1) is 8.77. The second kappa shape index (κ2) is 6.07. The molecule has 4 nitrogen and oxygen atoms in total. The summed E-state index contributed by atoms with van der Waals surface area (Å²) >= 11 is 0. The molecule has 1 saturated heterocycles. The van der Waals surface area contributed by atoms with Crippen molar-refractivity contribution in [1.29, 1.82) is 0 Å². The zero-order chi connectivity index (χ0) is 13.0. The van der Waals surface area contributed by atoms with E-state index in [4.69, 9.17) is 4.74 Å². The molecule has 1 aromatic carbocycles. The summed E-state index contributed by atoms with van der Waals surface area (Å²) in [5.74, 6) is 0.839. The third-order valence-electron chi connectivity index (χ3n) is 3.59. The Morgan fingerprint density at radius 1 is 1.39 bits per heavy atom. The fourth-order valence-electron chi connectivity index (χ4n) is 2.64. The number of methoxy groups -OCH3 is 1. The maximum absolute atomic E-state index is 10.3. The van der Waals surface area contributed by atoms with Gasteiger partial charge in [-0.05, 0) is 12.5 Å². The molecule has 1 fully saturated rings. The number of para-hydroxylation sites is 1. The Hall–Kier alpha value is -1.26. The van der Waals surface area contributed by atoms with Crippen LogP contribution in [0.3, 0.4) is 0 Å². The summed E-state index contributed by atoms with van der Waals surface area (Å²) in [6.45, 7) is 6.23. The van der Waals surface area contributed by atoms with Crippen molar-refractivity contribution in [1.82, 2.24) is 10.2 Å². The molecule has 18 heavy (non-hydrogen) atoms. The molecule has 0 bridgehead atoms. The Labute approximate surface area is 109 Å². The van der Waals surface area contributed by atoms with Crippen molar-refractivity contribution in [3.63, 3.8) is 0 Å². The van der Waals surface area contributed by atoms with E-state index in [1.54, 1.807) is 13.2 Å². The maximum Gasteiger partial charge on any atom is 0.162 e. The van der Waals surface area contributed by atoms with Gasteiger partial charge in [0.05, 0.1) is 7.11 Å². The lowest BCUT2D eigenvalue weighted by atomic mass is 10.0. The summed E-state index contributed by atoms with van der Waals surface area (Å²) < 4.78 is 5.19. The number of phenolic OH excluding ortho intramolecular Hbond substituents is 1. The van der Waals surface area contributed by atoms with Crippen molar-refractivity contribution in [3.8, 4) is 11.5 Å². The van der Waals surface area contributed by atoms with E-state index in [0.717, 1.165) is 38.2 Å². The first-order valence-electron chi connectivity index (χ1n) is 6.58. The zero-order valence-electron chi connectivity index (χ0n) is 11.1. The van der Waals surface area contributed by atoms with Crippen molar-refractivity contribution in [3.05, 3.63) is 23.8 Å². The van der Waals surface area contributed by atoms with Crippen molar-refractivity contribution < 1.29 is 9.84 Å². The second-order valence-corrected chi connectivity index (χ2v) is 4.61. The van der Waals surface area contributed by atoms with Gasteiger partial charge in [-0.2, -0.15) is 0 Å². The van der Waals surface area contributed by atoms with Gasteiger partial charge in [0.25, 0.3) is 0 Å². The third-order valence-corrected chi connectivity index (χ3v) is 3.59. The van der Waals surface area contributed by atoms with Crippen molar-refractivity contribution in [2.24, 2.45) is 0 Å². The summed E-state index contributed by atoms with van der Waals surface area (Å²) in [6, 6.07) is 6.00. The highest BCUT2D eigenvalue weighted by Crippen LogP contribution is 2.37. The van der Waals surface area contributed by atoms with Gasteiger partial charge in [0, 0.05) is 37.8 Å². The van der Waals surface area contributed by atoms with Crippen LogP contribution in [0.4, 0.5) is 0 Å². The van der Waals surface area contributed by atoms with Crippen LogP contribution >= 0.6 is 0 Å². The number of benzene rings is 1. The first kappa shape index (κ1) is 13.2. The fourth-order valence-corrected chi connectivity index (χ4v) is 2.64. The Morgan fingerprint density at radius 3 is 2.72 bits per heavy atom. The molecule has 1 heterocycles. The highest BCUT2D eigenvalue weighted by Gasteiger charge is 2.23. The molecule has 4 heteroatoms. The number of rotatable bonds is 4. The van der Waals surface area contributed by atoms with Gasteiger partial charge in [-0.15, -0.1) is 0 Å². The molecule has 0 aliphatic carbocycles. The van der Waals surface area contributed by atoms with Gasteiger partial charge in [0.15, 0.2) is 11.5 Å². The quantitative estimate of drug-likeness (QED) is 0.854. The molecule has 2 rings (SSSR count). The summed E-state index contributed by atoms with van der Waals surface area (Å²) in [4.78, 5) is 2.42. The molecule has 0 radical (unpaired) electrons. The minimum Gasteiger partial charge on any atom is -0.504 e. The van der Waals surface area contributed by atoms with E-state index >= 15 is 0 Å². The second-order valence-electron chi connectivity index (χ2n) is 4.61. The molecule has 0 saturated carbocycles. The van der Waals surface area contributed by atoms with E-state index < -0.39 is 0 Å². The molecule has 1 aromatic rings. The Kier molecular flexibility index (Phi) is 4.44. The smallest absolute Gasteiger partial charge is 0.162 e. The van der Waals surface area contributed by atoms with Crippen molar-refractivity contribution in [2.75, 3.05) is 33.3 Å². The lowest BCUT2D eigenvalue weighted by Crippen LogP contribution is -2.45. The van der Waals surface area contributed by atoms with Gasteiger partial charge < -0.3 is 15.2 Å². The van der Waals surface area contributed by atoms with E-state index in [9.17, 15) is 5.11 Å². The Morgan fingerprint density at radius 2 is 2.11 bits per heavy atom. The average molecular weight is 250 g/mol. The average Bonchev–Trinajstić information content (AvgIpc) is 2.43. The molecule has 0 unspecified atom stereocenters. The van der Waals surface area contributed by atoms with Gasteiger partial charge >= 0.3 is 0 Å². The highest BCUT2D eigenvalue weighted by molar-refractivity contribution is 5.46. The number of ether oxygens (including phenoxy) is 1. The van der Waals surface area contributed by atoms with Crippen LogP contribution in [0.15, 0.2) is 18.2 Å². The SMILES string of the molecule is CC[C@@H](c1cccc(OC)c1O)N1CCNCC1. The lowest BCUT2D eigenvalue weighted by Gasteiger charge is -2.35. The molecule has 0 aromatic heterocycles. The topological polar surface area (TPSA) is 44.7 Å². The number of piperazine rings is 1. The summed E-state index contributed by atoms with van der Waals surface area (Å²) in [6.07, 6.45) is 0.987. The zero-order valence-corrected chi connectivity index (χ0v) is 11.1. The predicted octanol–water partition coefficient (Wildman–Crippen LogP) is 1.76. The third kappa shape index (κ3) is 2.60. The number of nitrogens with one attached hydrogen (secondary N) is 1. The molecule has 100 valence electrons. The summed E-state index contributed by atoms with van der Waals surface area (Å²) in [7, 11) is 1.59. The van der Waals surface area contributed by atoms with Crippen LogP contribution in [0.5, 0.6) is 11.5 Å². The van der Waals surface area contributed by atoms with Crippen molar-refractivity contribution >= 4 is 0 Å². The van der Waals surface area contributed by atoms with Crippen LogP contribution in [-0.2, 0) is 0 Å². The fraction of sp³-hybridized carbons (Fsp3) is 0.571. The molecule has 2 N–H and O–H groups in total. The minimum atomic E-state index is 0.266. The molecule has 1 atom stereocenters. The van der Waals surface area contributed by atoms with E-state index in [1.165, 1.54) is 0 Å². The molecular weight excluding hydrogens is 228 g/mol. The van der Waals surface area contributed by atoms with E-state index in [2.05, 4.69) is 17.1 Å². The molecule has 1 aliphatic rings. The highest BCUT2D eigenvalue weighted by atomic mass is 16.5. The minimum absolute atomic E-state index is 0.266. The standard InChI is InChI=1S/C14H22N2O2/c1-3-12(16-9-7-15-8-10-16)11-5-4-6-13(18-2)14(11)17/h4-6,12,15,17H,3,7-10H2,1-2H3/t12-/m0/s1. The monoisotopic (exact) mass is 250 g/mol. The van der Waals surface area contributed by atoms with Crippen LogP contribution in [0.25, 0.3) is 0 Å². The number of hydrogen-bond acceptors (Lipinski definition) is 4. The Bertz CT molecular complexity index is 389. The van der Waals surface area contributed by atoms with Gasteiger partial charge in [0.1, 0.15) is 0 Å². The number of aromatic hydroxyl groups is 1. The van der Waals surface area contributed by atoms with Gasteiger partial charge in [-0.25, -0.2) is 0 Å². The number of nitrogens with zero attached hydrogens (tertiary/aromatic N) is 1. The van der Waals surface area contributed by atoms with Crippen LogP contribution in [-0.4, -0.2) is 43.3 Å². The van der Waals surface area contributed by atoms with Gasteiger partial charge in [0.2, 0.25) is 0 Å². The maximum atomic E-state index is 10.3. The molecule has 0 amide bonds. The number of phenols is 1. The Balaban J connectivity index is 2.26. The van der Waals surface area contributed by atoms with E-state index in [1.807, 2.05) is 12.1 Å². The number of hydrogen-bond donors (Lipinski definition) is 2. The summed E-state index contributed by atoms with van der Waals surface area (Å²) in [5, 5.41) is 13.6. The van der Waals surface area contributed by atoms with Crippen LogP contribution in [0.2, 0.25) is 0 Å². The molecule has 0 spiro atoms. The lowest BCUT2D eigenvalue weighted by molar-refractivity contribution is 0.166. The normalized spacial score (nSPS) is 18.6. The van der Waals surface area contributed by atoms with E-state index in [0.29, 0.717) is 5.75 Å². The van der Waals surface area contributed by atoms with Gasteiger partial charge in [-0.3, -0.25) is 4.90 Å². The van der Waals surface area contributed by atoms with Crippen LogP contribution in [0, 0.1) is 0 Å². The van der Waals surface area contributed by atoms with Crippen LogP contribution in [0.1, 0.15) is 24.9 Å². The van der Waals surface area contributed by atoms with Crippen molar-refractivity contribution in [2.45, 2.75) is 19.4 Å². The summed E-state index contributed by atoms with van der Waals surface area (Å²) in [5.41, 5.74) is 0.971. The first-order valence-corrected chi connectivity index (χ1v) is 6.58. The molecule has 1 aliphatic heterocycles.